The quantitative estimate of drug-likeness (QED) is 0.471. The number of hydrogen-bond acceptors (Lipinski definition) is 3. The van der Waals surface area contributed by atoms with Crippen molar-refractivity contribution in [1.82, 2.24) is 10.2 Å². The second-order valence-electron chi connectivity index (χ2n) is 9.19. The lowest BCUT2D eigenvalue weighted by Gasteiger charge is -2.37. The predicted molar refractivity (Wildman–Crippen MR) is 132 cm³/mol. The van der Waals surface area contributed by atoms with Crippen LogP contribution >= 0.6 is 11.3 Å². The molecule has 0 aliphatic heterocycles. The van der Waals surface area contributed by atoms with E-state index in [1.807, 2.05) is 23.6 Å². The molecule has 0 bridgehead atoms. The van der Waals surface area contributed by atoms with Crippen molar-refractivity contribution >= 4 is 27.3 Å². The summed E-state index contributed by atoms with van der Waals surface area (Å²) in [5.74, 6) is 1.43. The minimum absolute atomic E-state index is 0.0774. The van der Waals surface area contributed by atoms with Crippen LogP contribution in [0, 0.1) is 11.8 Å². The second-order valence-corrected chi connectivity index (χ2v) is 10.1. The van der Waals surface area contributed by atoms with E-state index in [1.54, 1.807) is 11.3 Å². The summed E-state index contributed by atoms with van der Waals surface area (Å²) in [6.45, 7) is 0.798. The molecule has 164 valence electrons. The van der Waals surface area contributed by atoms with Gasteiger partial charge in [0.25, 0.3) is 5.91 Å². The summed E-state index contributed by atoms with van der Waals surface area (Å²) in [5, 5.41) is 6.28. The monoisotopic (exact) mass is 434 g/mol. The van der Waals surface area contributed by atoms with Crippen LogP contribution in [0.4, 0.5) is 0 Å². The molecular formula is C27H34N2OS. The van der Waals surface area contributed by atoms with Gasteiger partial charge in [-0.2, -0.15) is 0 Å². The Balaban J connectivity index is 1.26. The first-order valence-electron chi connectivity index (χ1n) is 11.6. The van der Waals surface area contributed by atoms with Crippen LogP contribution in [-0.4, -0.2) is 37.5 Å². The number of aryl methyl sites for hydroxylation is 1. The molecule has 1 aliphatic rings. The van der Waals surface area contributed by atoms with Crippen LogP contribution < -0.4 is 5.32 Å². The molecule has 1 heterocycles. The number of carbonyl (C=O) groups is 1. The molecule has 0 spiro atoms. The highest BCUT2D eigenvalue weighted by molar-refractivity contribution is 7.17. The first-order valence-corrected chi connectivity index (χ1v) is 12.4. The van der Waals surface area contributed by atoms with E-state index in [-0.39, 0.29) is 5.91 Å². The van der Waals surface area contributed by atoms with Crippen LogP contribution in [-0.2, 0) is 6.42 Å². The van der Waals surface area contributed by atoms with Gasteiger partial charge < -0.3 is 10.2 Å². The van der Waals surface area contributed by atoms with E-state index in [9.17, 15) is 4.79 Å². The fourth-order valence-electron chi connectivity index (χ4n) is 5.14. The fourth-order valence-corrected chi connectivity index (χ4v) is 6.08. The first kappa shape index (κ1) is 22.0. The topological polar surface area (TPSA) is 32.3 Å². The van der Waals surface area contributed by atoms with Gasteiger partial charge in [-0.3, -0.25) is 4.79 Å². The standard InChI is InChI=1S/C27H34N2OS/c1-29(2)25(17-14-20-8-4-3-5-9-20)22-15-12-21(13-16-22)18-28-27(30)24-19-31-26-11-7-6-10-23(24)26/h3-11,19,21-22,25H,12-18H2,1-2H3,(H,28,30). The van der Waals surface area contributed by atoms with Crippen molar-refractivity contribution in [3.05, 3.63) is 71.1 Å². The molecular weight excluding hydrogens is 400 g/mol. The Bertz CT molecular complexity index is 973. The lowest BCUT2D eigenvalue weighted by molar-refractivity contribution is 0.0935. The highest BCUT2D eigenvalue weighted by atomic mass is 32.1. The minimum atomic E-state index is 0.0774. The summed E-state index contributed by atoms with van der Waals surface area (Å²) in [5.41, 5.74) is 2.26. The van der Waals surface area contributed by atoms with Gasteiger partial charge in [-0.05, 0) is 76.1 Å². The van der Waals surface area contributed by atoms with Gasteiger partial charge in [-0.1, -0.05) is 48.5 Å². The third-order valence-electron chi connectivity index (χ3n) is 6.95. The van der Waals surface area contributed by atoms with Gasteiger partial charge in [0, 0.05) is 28.1 Å². The molecule has 3 nitrogen and oxygen atoms in total. The average Bonchev–Trinajstić information content (AvgIpc) is 3.23. The summed E-state index contributed by atoms with van der Waals surface area (Å²) < 4.78 is 1.18. The number of benzene rings is 2. The van der Waals surface area contributed by atoms with Crippen molar-refractivity contribution in [2.45, 2.75) is 44.6 Å². The molecule has 1 unspecified atom stereocenters. The zero-order valence-electron chi connectivity index (χ0n) is 18.7. The van der Waals surface area contributed by atoms with E-state index in [0.717, 1.165) is 29.8 Å². The van der Waals surface area contributed by atoms with Crippen LogP contribution in [0.25, 0.3) is 10.1 Å². The summed E-state index contributed by atoms with van der Waals surface area (Å²) in [6.07, 6.45) is 7.32. The largest absolute Gasteiger partial charge is 0.352 e. The van der Waals surface area contributed by atoms with E-state index >= 15 is 0 Å². The Morgan fingerprint density at radius 3 is 2.48 bits per heavy atom. The summed E-state index contributed by atoms with van der Waals surface area (Å²) in [4.78, 5) is 15.2. The summed E-state index contributed by atoms with van der Waals surface area (Å²) in [6, 6.07) is 19.6. The molecule has 4 rings (SSSR count). The summed E-state index contributed by atoms with van der Waals surface area (Å²) in [7, 11) is 4.46. The predicted octanol–water partition coefficient (Wildman–Crippen LogP) is 6.00. The van der Waals surface area contributed by atoms with E-state index in [1.165, 1.54) is 42.4 Å². The van der Waals surface area contributed by atoms with Crippen molar-refractivity contribution in [2.75, 3.05) is 20.6 Å². The Labute approximate surface area is 190 Å². The SMILES string of the molecule is CN(C)C(CCc1ccccc1)C1CCC(CNC(=O)c2csc3ccccc23)CC1. The van der Waals surface area contributed by atoms with Gasteiger partial charge >= 0.3 is 0 Å². The lowest BCUT2D eigenvalue weighted by Crippen LogP contribution is -2.39. The Hall–Kier alpha value is -2.17. The smallest absolute Gasteiger partial charge is 0.252 e. The van der Waals surface area contributed by atoms with Gasteiger partial charge in [-0.15, -0.1) is 11.3 Å². The number of thiophene rings is 1. The Morgan fingerprint density at radius 1 is 1.03 bits per heavy atom. The number of nitrogens with zero attached hydrogens (tertiary/aromatic N) is 1. The number of fused-ring (bicyclic) bond motifs is 1. The molecule has 3 aromatic rings. The van der Waals surface area contributed by atoms with E-state index in [2.05, 4.69) is 60.7 Å². The van der Waals surface area contributed by atoms with Gasteiger partial charge in [-0.25, -0.2) is 0 Å². The molecule has 4 heteroatoms. The molecule has 1 atom stereocenters. The first-order chi connectivity index (χ1) is 15.1. The lowest BCUT2D eigenvalue weighted by atomic mass is 9.76. The normalized spacial score (nSPS) is 20.1. The fraction of sp³-hybridized carbons (Fsp3) is 0.444. The van der Waals surface area contributed by atoms with Gasteiger partial charge in [0.15, 0.2) is 0 Å². The average molecular weight is 435 g/mol. The van der Waals surface area contributed by atoms with Gasteiger partial charge in [0.05, 0.1) is 5.56 Å². The molecule has 1 fully saturated rings. The van der Waals surface area contributed by atoms with Crippen LogP contribution in [0.5, 0.6) is 0 Å². The number of hydrogen-bond donors (Lipinski definition) is 1. The molecule has 1 aromatic heterocycles. The molecule has 1 N–H and O–H groups in total. The maximum Gasteiger partial charge on any atom is 0.252 e. The highest BCUT2D eigenvalue weighted by Gasteiger charge is 2.29. The van der Waals surface area contributed by atoms with Crippen molar-refractivity contribution in [3.8, 4) is 0 Å². The van der Waals surface area contributed by atoms with E-state index in [4.69, 9.17) is 0 Å². The maximum atomic E-state index is 12.7. The Morgan fingerprint density at radius 2 is 1.74 bits per heavy atom. The molecule has 0 saturated heterocycles. The maximum absolute atomic E-state index is 12.7. The van der Waals surface area contributed by atoms with Crippen LogP contribution in [0.1, 0.15) is 48.0 Å². The van der Waals surface area contributed by atoms with Crippen molar-refractivity contribution in [1.29, 1.82) is 0 Å². The number of amides is 1. The second kappa shape index (κ2) is 10.4. The molecule has 2 aromatic carbocycles. The third-order valence-corrected chi connectivity index (χ3v) is 7.91. The number of rotatable bonds is 8. The molecule has 0 radical (unpaired) electrons. The minimum Gasteiger partial charge on any atom is -0.352 e. The summed E-state index contributed by atoms with van der Waals surface area (Å²) >= 11 is 1.65. The molecule has 31 heavy (non-hydrogen) atoms. The van der Waals surface area contributed by atoms with E-state index in [0.29, 0.717) is 12.0 Å². The van der Waals surface area contributed by atoms with Crippen LogP contribution in [0.2, 0.25) is 0 Å². The molecule has 1 amide bonds. The van der Waals surface area contributed by atoms with Crippen molar-refractivity contribution in [3.63, 3.8) is 0 Å². The van der Waals surface area contributed by atoms with Crippen LogP contribution in [0.3, 0.4) is 0 Å². The van der Waals surface area contributed by atoms with Crippen LogP contribution in [0.15, 0.2) is 60.0 Å². The van der Waals surface area contributed by atoms with Crippen molar-refractivity contribution in [2.24, 2.45) is 11.8 Å². The van der Waals surface area contributed by atoms with Gasteiger partial charge in [0.2, 0.25) is 0 Å². The zero-order chi connectivity index (χ0) is 21.6. The van der Waals surface area contributed by atoms with E-state index < -0.39 is 0 Å². The number of carbonyl (C=O) groups excluding carboxylic acids is 1. The Kier molecular flexibility index (Phi) is 7.41. The zero-order valence-corrected chi connectivity index (χ0v) is 19.5. The highest BCUT2D eigenvalue weighted by Crippen LogP contribution is 2.34. The third kappa shape index (κ3) is 5.55. The number of nitrogens with one attached hydrogen (secondary N) is 1. The van der Waals surface area contributed by atoms with Crippen molar-refractivity contribution < 1.29 is 4.79 Å². The molecule has 1 saturated carbocycles. The van der Waals surface area contributed by atoms with Gasteiger partial charge in [0.1, 0.15) is 0 Å². The molecule has 1 aliphatic carbocycles.